The summed E-state index contributed by atoms with van der Waals surface area (Å²) in [6.07, 6.45) is 5.98. The topological polar surface area (TPSA) is 29.1 Å². The molecular formula is C14H17NO. The summed E-state index contributed by atoms with van der Waals surface area (Å²) in [7, 11) is 0. The van der Waals surface area contributed by atoms with E-state index in [0.29, 0.717) is 0 Å². The standard InChI is InChI=1S/C14H17NO/c1-10-5-6-11-12(9-10)14(15-13(11)16)7-3-2-4-8-14/h5-6,9H,2-4,7-8H2,1H3,(H,15,16). The Hall–Kier alpha value is -1.31. The Labute approximate surface area is 96.1 Å². The summed E-state index contributed by atoms with van der Waals surface area (Å²) in [4.78, 5) is 11.9. The van der Waals surface area contributed by atoms with Crippen molar-refractivity contribution in [2.75, 3.05) is 0 Å². The molecule has 2 aliphatic rings. The predicted molar refractivity (Wildman–Crippen MR) is 63.4 cm³/mol. The molecule has 16 heavy (non-hydrogen) atoms. The Morgan fingerprint density at radius 3 is 2.69 bits per heavy atom. The average Bonchev–Trinajstić information content (AvgIpc) is 2.53. The molecule has 2 heteroatoms. The molecule has 3 rings (SSSR count). The Morgan fingerprint density at radius 1 is 1.19 bits per heavy atom. The number of hydrogen-bond donors (Lipinski definition) is 1. The summed E-state index contributed by atoms with van der Waals surface area (Å²) in [5.41, 5.74) is 3.36. The van der Waals surface area contributed by atoms with Gasteiger partial charge in [0, 0.05) is 5.56 Å². The Balaban J connectivity index is 2.12. The summed E-state index contributed by atoms with van der Waals surface area (Å²) in [5.74, 6) is 0.122. The van der Waals surface area contributed by atoms with Gasteiger partial charge in [-0.05, 0) is 31.4 Å². The number of hydrogen-bond acceptors (Lipinski definition) is 1. The molecule has 1 heterocycles. The maximum atomic E-state index is 11.9. The maximum absolute atomic E-state index is 11.9. The molecule has 2 nitrogen and oxygen atoms in total. The number of carbonyl (C=O) groups is 1. The van der Waals surface area contributed by atoms with Gasteiger partial charge in [0.15, 0.2) is 0 Å². The number of benzene rings is 1. The highest BCUT2D eigenvalue weighted by molar-refractivity contribution is 6.00. The second-order valence-corrected chi connectivity index (χ2v) is 5.15. The normalized spacial score (nSPS) is 21.9. The van der Waals surface area contributed by atoms with Gasteiger partial charge in [-0.25, -0.2) is 0 Å². The first-order valence-electron chi connectivity index (χ1n) is 6.15. The van der Waals surface area contributed by atoms with Crippen molar-refractivity contribution in [3.63, 3.8) is 0 Å². The quantitative estimate of drug-likeness (QED) is 0.708. The van der Waals surface area contributed by atoms with E-state index in [9.17, 15) is 4.79 Å². The lowest BCUT2D eigenvalue weighted by molar-refractivity contribution is 0.0909. The molecule has 1 aliphatic heterocycles. The number of aryl methyl sites for hydroxylation is 1. The van der Waals surface area contributed by atoms with Crippen LogP contribution in [0.1, 0.15) is 53.6 Å². The highest BCUT2D eigenvalue weighted by Crippen LogP contribution is 2.42. The lowest BCUT2D eigenvalue weighted by Crippen LogP contribution is -2.40. The molecule has 1 aliphatic carbocycles. The molecule has 0 unspecified atom stereocenters. The molecule has 1 fully saturated rings. The highest BCUT2D eigenvalue weighted by atomic mass is 16.2. The number of amides is 1. The van der Waals surface area contributed by atoms with Crippen LogP contribution in [0, 0.1) is 6.92 Å². The summed E-state index contributed by atoms with van der Waals surface area (Å²) >= 11 is 0. The fraction of sp³-hybridized carbons (Fsp3) is 0.500. The molecule has 0 saturated heterocycles. The van der Waals surface area contributed by atoms with Crippen LogP contribution < -0.4 is 5.32 Å². The highest BCUT2D eigenvalue weighted by Gasteiger charge is 2.43. The first-order chi connectivity index (χ1) is 7.71. The Kier molecular flexibility index (Phi) is 2.06. The van der Waals surface area contributed by atoms with Gasteiger partial charge in [0.1, 0.15) is 0 Å². The fourth-order valence-electron chi connectivity index (χ4n) is 3.15. The molecule has 0 bridgehead atoms. The molecule has 1 spiro atoms. The summed E-state index contributed by atoms with van der Waals surface area (Å²) in [6, 6.07) is 6.20. The summed E-state index contributed by atoms with van der Waals surface area (Å²) in [5, 5.41) is 3.22. The van der Waals surface area contributed by atoms with E-state index in [-0.39, 0.29) is 11.4 Å². The molecule has 1 N–H and O–H groups in total. The second kappa shape index (κ2) is 3.34. The third-order valence-corrected chi connectivity index (χ3v) is 4.00. The molecular weight excluding hydrogens is 198 g/mol. The zero-order chi connectivity index (χ0) is 11.2. The molecule has 0 atom stereocenters. The van der Waals surface area contributed by atoms with Crippen molar-refractivity contribution in [1.82, 2.24) is 5.32 Å². The van der Waals surface area contributed by atoms with Gasteiger partial charge < -0.3 is 5.32 Å². The molecule has 1 aromatic rings. The minimum atomic E-state index is -0.0311. The monoisotopic (exact) mass is 215 g/mol. The van der Waals surface area contributed by atoms with E-state index in [2.05, 4.69) is 18.3 Å². The molecule has 1 amide bonds. The van der Waals surface area contributed by atoms with E-state index in [4.69, 9.17) is 0 Å². The van der Waals surface area contributed by atoms with Crippen LogP contribution in [0.25, 0.3) is 0 Å². The van der Waals surface area contributed by atoms with Gasteiger partial charge in [0.05, 0.1) is 5.54 Å². The van der Waals surface area contributed by atoms with E-state index in [1.165, 1.54) is 30.4 Å². The molecule has 0 radical (unpaired) electrons. The van der Waals surface area contributed by atoms with Crippen molar-refractivity contribution in [3.05, 3.63) is 34.9 Å². The lowest BCUT2D eigenvalue weighted by Gasteiger charge is -2.34. The third-order valence-electron chi connectivity index (χ3n) is 4.00. The largest absolute Gasteiger partial charge is 0.342 e. The molecule has 1 aromatic carbocycles. The van der Waals surface area contributed by atoms with Crippen LogP contribution in [0.4, 0.5) is 0 Å². The van der Waals surface area contributed by atoms with E-state index in [0.717, 1.165) is 18.4 Å². The average molecular weight is 215 g/mol. The van der Waals surface area contributed by atoms with Gasteiger partial charge in [-0.1, -0.05) is 37.0 Å². The minimum Gasteiger partial charge on any atom is -0.342 e. The minimum absolute atomic E-state index is 0.0311. The Bertz CT molecular complexity index is 444. The number of nitrogens with one attached hydrogen (secondary N) is 1. The van der Waals surface area contributed by atoms with E-state index in [1.807, 2.05) is 12.1 Å². The Morgan fingerprint density at radius 2 is 1.94 bits per heavy atom. The van der Waals surface area contributed by atoms with Crippen molar-refractivity contribution in [1.29, 1.82) is 0 Å². The lowest BCUT2D eigenvalue weighted by atomic mass is 9.77. The van der Waals surface area contributed by atoms with Gasteiger partial charge in [0.25, 0.3) is 5.91 Å². The molecule has 1 saturated carbocycles. The third kappa shape index (κ3) is 1.29. The van der Waals surface area contributed by atoms with E-state index in [1.54, 1.807) is 0 Å². The van der Waals surface area contributed by atoms with Crippen LogP contribution in [0.15, 0.2) is 18.2 Å². The van der Waals surface area contributed by atoms with Crippen molar-refractivity contribution in [3.8, 4) is 0 Å². The van der Waals surface area contributed by atoms with Crippen molar-refractivity contribution in [2.24, 2.45) is 0 Å². The molecule has 84 valence electrons. The van der Waals surface area contributed by atoms with Gasteiger partial charge in [0.2, 0.25) is 0 Å². The van der Waals surface area contributed by atoms with Crippen LogP contribution in [0.5, 0.6) is 0 Å². The van der Waals surface area contributed by atoms with Crippen LogP contribution >= 0.6 is 0 Å². The van der Waals surface area contributed by atoms with Gasteiger partial charge >= 0.3 is 0 Å². The van der Waals surface area contributed by atoms with Crippen molar-refractivity contribution < 1.29 is 4.79 Å². The zero-order valence-electron chi connectivity index (χ0n) is 9.68. The van der Waals surface area contributed by atoms with E-state index >= 15 is 0 Å². The summed E-state index contributed by atoms with van der Waals surface area (Å²) in [6.45, 7) is 2.10. The number of rotatable bonds is 0. The van der Waals surface area contributed by atoms with Crippen LogP contribution in [-0.4, -0.2) is 5.91 Å². The number of fused-ring (bicyclic) bond motifs is 2. The SMILES string of the molecule is Cc1ccc2c(c1)C1(CCCCC1)NC2=O. The number of carbonyl (C=O) groups excluding carboxylic acids is 1. The summed E-state index contributed by atoms with van der Waals surface area (Å²) < 4.78 is 0. The van der Waals surface area contributed by atoms with Gasteiger partial charge in [-0.15, -0.1) is 0 Å². The van der Waals surface area contributed by atoms with Crippen molar-refractivity contribution >= 4 is 5.91 Å². The fourth-order valence-corrected chi connectivity index (χ4v) is 3.15. The van der Waals surface area contributed by atoms with Crippen LogP contribution in [-0.2, 0) is 5.54 Å². The van der Waals surface area contributed by atoms with Crippen LogP contribution in [0.2, 0.25) is 0 Å². The molecule has 0 aromatic heterocycles. The maximum Gasteiger partial charge on any atom is 0.252 e. The predicted octanol–water partition coefficient (Wildman–Crippen LogP) is 2.90. The first-order valence-corrected chi connectivity index (χ1v) is 6.15. The zero-order valence-corrected chi connectivity index (χ0v) is 9.68. The van der Waals surface area contributed by atoms with E-state index < -0.39 is 0 Å². The van der Waals surface area contributed by atoms with Gasteiger partial charge in [-0.2, -0.15) is 0 Å². The van der Waals surface area contributed by atoms with Crippen LogP contribution in [0.3, 0.4) is 0 Å². The second-order valence-electron chi connectivity index (χ2n) is 5.15. The van der Waals surface area contributed by atoms with Crippen molar-refractivity contribution in [2.45, 2.75) is 44.6 Å². The first kappa shape index (κ1) is 9.88. The van der Waals surface area contributed by atoms with Gasteiger partial charge in [-0.3, -0.25) is 4.79 Å². The smallest absolute Gasteiger partial charge is 0.252 e.